The predicted octanol–water partition coefficient (Wildman–Crippen LogP) is 3.14. The number of hydrogen-bond donors (Lipinski definition) is 1. The monoisotopic (exact) mass is 322 g/mol. The van der Waals surface area contributed by atoms with Gasteiger partial charge in [-0.1, -0.05) is 48.5 Å². The summed E-state index contributed by atoms with van der Waals surface area (Å²) in [4.78, 5) is 4.64. The highest BCUT2D eigenvalue weighted by atomic mass is 16.3. The number of fused-ring (bicyclic) bond motifs is 3. The number of hydrogen-bond acceptors (Lipinski definition) is 3. The number of nitrogens with zero attached hydrogens (tertiary/aromatic N) is 2. The van der Waals surface area contributed by atoms with Crippen LogP contribution >= 0.6 is 0 Å². The van der Waals surface area contributed by atoms with E-state index in [4.69, 9.17) is 0 Å². The third-order valence-corrected chi connectivity index (χ3v) is 5.51. The van der Waals surface area contributed by atoms with Crippen LogP contribution in [0.5, 0.6) is 0 Å². The van der Waals surface area contributed by atoms with E-state index in [0.717, 1.165) is 32.5 Å². The molecule has 0 aromatic heterocycles. The Hall–Kier alpha value is -1.68. The Balaban J connectivity index is 1.62. The molecule has 1 aliphatic heterocycles. The molecule has 0 amide bonds. The summed E-state index contributed by atoms with van der Waals surface area (Å²) in [5.74, 6) is 0. The normalized spacial score (nSPS) is 20.2. The topological polar surface area (TPSA) is 26.7 Å². The van der Waals surface area contributed by atoms with Gasteiger partial charge < -0.3 is 10.0 Å². The van der Waals surface area contributed by atoms with E-state index in [-0.39, 0.29) is 0 Å². The number of piperidine rings is 1. The lowest BCUT2D eigenvalue weighted by Gasteiger charge is -2.42. The average molecular weight is 322 g/mol. The fourth-order valence-corrected chi connectivity index (χ4v) is 4.47. The molecule has 0 bridgehead atoms. The summed E-state index contributed by atoms with van der Waals surface area (Å²) in [5.41, 5.74) is 5.02. The lowest BCUT2D eigenvalue weighted by Crippen LogP contribution is -2.50. The smallest absolute Gasteiger partial charge is 0.0798 e. The molecule has 2 aromatic rings. The van der Waals surface area contributed by atoms with Crippen molar-refractivity contribution < 1.29 is 5.11 Å². The second-order valence-corrected chi connectivity index (χ2v) is 7.58. The maximum atomic E-state index is 10.8. The van der Waals surface area contributed by atoms with Crippen LogP contribution in [0.15, 0.2) is 48.5 Å². The molecule has 2 aliphatic rings. The van der Waals surface area contributed by atoms with Crippen LogP contribution in [0.25, 0.3) is 11.1 Å². The van der Waals surface area contributed by atoms with Crippen molar-refractivity contribution >= 4 is 0 Å². The van der Waals surface area contributed by atoms with Crippen LogP contribution in [0, 0.1) is 0 Å². The molecule has 3 heteroatoms. The Morgan fingerprint density at radius 3 is 1.96 bits per heavy atom. The Morgan fingerprint density at radius 1 is 0.958 bits per heavy atom. The third-order valence-electron chi connectivity index (χ3n) is 5.51. The van der Waals surface area contributed by atoms with E-state index in [2.05, 4.69) is 58.3 Å². The summed E-state index contributed by atoms with van der Waals surface area (Å²) in [6.07, 6.45) is 1.68. The van der Waals surface area contributed by atoms with Crippen molar-refractivity contribution in [1.82, 2.24) is 9.80 Å². The predicted molar refractivity (Wildman–Crippen MR) is 98.0 cm³/mol. The Labute approximate surface area is 144 Å². The molecule has 0 saturated carbocycles. The number of likely N-dealkylation sites (tertiary alicyclic amines) is 1. The van der Waals surface area contributed by atoms with Gasteiger partial charge in [0.15, 0.2) is 0 Å². The Bertz CT molecular complexity index is 687. The second-order valence-electron chi connectivity index (χ2n) is 7.58. The van der Waals surface area contributed by atoms with Crippen LogP contribution in [0.4, 0.5) is 0 Å². The van der Waals surface area contributed by atoms with Gasteiger partial charge in [-0.15, -0.1) is 0 Å². The largest absolute Gasteiger partial charge is 0.388 e. The highest BCUT2D eigenvalue weighted by Gasteiger charge is 2.38. The van der Waals surface area contributed by atoms with Crippen molar-refractivity contribution in [2.75, 3.05) is 33.7 Å². The second kappa shape index (κ2) is 5.99. The summed E-state index contributed by atoms with van der Waals surface area (Å²) in [5, 5.41) is 10.8. The molecule has 1 heterocycles. The van der Waals surface area contributed by atoms with E-state index >= 15 is 0 Å². The molecular weight excluding hydrogens is 296 g/mol. The van der Waals surface area contributed by atoms with Crippen molar-refractivity contribution in [3.05, 3.63) is 59.7 Å². The summed E-state index contributed by atoms with van der Waals surface area (Å²) < 4.78 is 0. The van der Waals surface area contributed by atoms with E-state index in [1.165, 1.54) is 22.3 Å². The van der Waals surface area contributed by atoms with Gasteiger partial charge in [0.1, 0.15) is 0 Å². The summed E-state index contributed by atoms with van der Waals surface area (Å²) in [6, 6.07) is 17.9. The molecular formula is C21H26N2O. The maximum absolute atomic E-state index is 10.8. The number of benzene rings is 2. The van der Waals surface area contributed by atoms with Crippen LogP contribution in [-0.4, -0.2) is 54.2 Å². The van der Waals surface area contributed by atoms with Crippen LogP contribution < -0.4 is 0 Å². The first-order valence-electron chi connectivity index (χ1n) is 8.87. The minimum absolute atomic E-state index is 0.335. The van der Waals surface area contributed by atoms with Gasteiger partial charge in [0.2, 0.25) is 0 Å². The molecule has 4 rings (SSSR count). The van der Waals surface area contributed by atoms with Crippen molar-refractivity contribution in [1.29, 1.82) is 0 Å². The fraction of sp³-hybridized carbons (Fsp3) is 0.429. The number of aliphatic hydroxyl groups is 1. The van der Waals surface area contributed by atoms with Gasteiger partial charge in [0, 0.05) is 19.6 Å². The van der Waals surface area contributed by atoms with Crippen LogP contribution in [0.2, 0.25) is 0 Å². The van der Waals surface area contributed by atoms with E-state index in [0.29, 0.717) is 6.04 Å². The van der Waals surface area contributed by atoms with Crippen molar-refractivity contribution in [3.8, 4) is 11.1 Å². The zero-order valence-electron chi connectivity index (χ0n) is 14.6. The van der Waals surface area contributed by atoms with E-state index in [9.17, 15) is 5.11 Å². The van der Waals surface area contributed by atoms with E-state index in [1.54, 1.807) is 0 Å². The lowest BCUT2D eigenvalue weighted by atomic mass is 9.89. The molecule has 1 N–H and O–H groups in total. The van der Waals surface area contributed by atoms with Crippen LogP contribution in [0.1, 0.15) is 30.0 Å². The first kappa shape index (κ1) is 15.8. The average Bonchev–Trinajstić information content (AvgIpc) is 2.90. The van der Waals surface area contributed by atoms with Crippen molar-refractivity contribution in [3.63, 3.8) is 0 Å². The van der Waals surface area contributed by atoms with Crippen molar-refractivity contribution in [2.45, 2.75) is 24.5 Å². The number of rotatable bonds is 3. The van der Waals surface area contributed by atoms with Gasteiger partial charge in [0.25, 0.3) is 0 Å². The minimum Gasteiger partial charge on any atom is -0.388 e. The molecule has 3 nitrogen and oxygen atoms in total. The fourth-order valence-electron chi connectivity index (χ4n) is 4.47. The molecule has 0 radical (unpaired) electrons. The molecule has 24 heavy (non-hydrogen) atoms. The summed E-state index contributed by atoms with van der Waals surface area (Å²) >= 11 is 0. The Kier molecular flexibility index (Phi) is 3.95. The quantitative estimate of drug-likeness (QED) is 0.940. The zero-order valence-corrected chi connectivity index (χ0v) is 14.6. The molecule has 0 atom stereocenters. The molecule has 1 aliphatic carbocycles. The van der Waals surface area contributed by atoms with Gasteiger partial charge >= 0.3 is 0 Å². The van der Waals surface area contributed by atoms with Gasteiger partial charge in [-0.3, -0.25) is 4.90 Å². The number of likely N-dealkylation sites (N-methyl/N-ethyl adjacent to an activating group) is 1. The maximum Gasteiger partial charge on any atom is 0.0798 e. The highest BCUT2D eigenvalue weighted by molar-refractivity contribution is 5.78. The first-order chi connectivity index (χ1) is 11.6. The Morgan fingerprint density at radius 2 is 1.46 bits per heavy atom. The minimum atomic E-state index is -0.544. The standard InChI is InChI=1S/C21H26N2O/c1-22(2)15-21(24)11-13-23(14-12-21)20-18-9-5-3-7-16(18)17-8-4-6-10-19(17)20/h3-10,20,24H,11-15H2,1-2H3. The lowest BCUT2D eigenvalue weighted by molar-refractivity contribution is -0.0425. The molecule has 1 fully saturated rings. The highest BCUT2D eigenvalue weighted by Crippen LogP contribution is 2.47. The van der Waals surface area contributed by atoms with Crippen LogP contribution in [-0.2, 0) is 0 Å². The molecule has 0 spiro atoms. The van der Waals surface area contributed by atoms with Gasteiger partial charge in [-0.25, -0.2) is 0 Å². The molecule has 2 aromatic carbocycles. The third kappa shape index (κ3) is 2.67. The van der Waals surface area contributed by atoms with Gasteiger partial charge in [-0.05, 0) is 49.2 Å². The first-order valence-corrected chi connectivity index (χ1v) is 8.87. The van der Waals surface area contributed by atoms with E-state index < -0.39 is 5.60 Å². The molecule has 0 unspecified atom stereocenters. The summed E-state index contributed by atoms with van der Waals surface area (Å²) in [6.45, 7) is 2.63. The summed E-state index contributed by atoms with van der Waals surface area (Å²) in [7, 11) is 4.07. The van der Waals surface area contributed by atoms with Gasteiger partial charge in [-0.2, -0.15) is 0 Å². The van der Waals surface area contributed by atoms with Gasteiger partial charge in [0.05, 0.1) is 11.6 Å². The van der Waals surface area contributed by atoms with E-state index in [1.807, 2.05) is 14.1 Å². The molecule has 126 valence electrons. The SMILES string of the molecule is CN(C)CC1(O)CCN(C2c3ccccc3-c3ccccc32)CC1. The zero-order chi connectivity index (χ0) is 16.7. The van der Waals surface area contributed by atoms with Crippen LogP contribution in [0.3, 0.4) is 0 Å². The van der Waals surface area contributed by atoms with Crippen molar-refractivity contribution in [2.24, 2.45) is 0 Å². The molecule has 1 saturated heterocycles.